The summed E-state index contributed by atoms with van der Waals surface area (Å²) in [6.45, 7) is 0. The van der Waals surface area contributed by atoms with Crippen LogP contribution in [0.3, 0.4) is 0 Å². The first kappa shape index (κ1) is 9.21. The quantitative estimate of drug-likeness (QED) is 0.786. The zero-order valence-corrected chi connectivity index (χ0v) is 9.32. The van der Waals surface area contributed by atoms with Crippen molar-refractivity contribution in [3.63, 3.8) is 0 Å². The van der Waals surface area contributed by atoms with Gasteiger partial charge in [0.2, 0.25) is 0 Å². The minimum Gasteiger partial charge on any atom is -0.237 e. The second-order valence-corrected chi connectivity index (χ2v) is 4.35. The van der Waals surface area contributed by atoms with Crippen LogP contribution < -0.4 is 0 Å². The first-order valence-electron chi connectivity index (χ1n) is 5.33. The van der Waals surface area contributed by atoms with Crippen molar-refractivity contribution in [1.82, 2.24) is 14.6 Å². The molecule has 2 heterocycles. The summed E-state index contributed by atoms with van der Waals surface area (Å²) < 4.78 is 1.87. The molecule has 0 aromatic carbocycles. The van der Waals surface area contributed by atoms with Crippen molar-refractivity contribution in [3.05, 3.63) is 29.7 Å². The van der Waals surface area contributed by atoms with Gasteiger partial charge in [0.15, 0.2) is 5.65 Å². The molecule has 1 aliphatic carbocycles. The van der Waals surface area contributed by atoms with Gasteiger partial charge in [-0.15, -0.1) is 0 Å². The maximum Gasteiger partial charge on any atom is 0.159 e. The van der Waals surface area contributed by atoms with E-state index < -0.39 is 0 Å². The van der Waals surface area contributed by atoms with Crippen molar-refractivity contribution in [2.24, 2.45) is 0 Å². The average Bonchev–Trinajstić information content (AvgIpc) is 2.53. The summed E-state index contributed by atoms with van der Waals surface area (Å²) in [7, 11) is 0. The van der Waals surface area contributed by atoms with Crippen LogP contribution in [0.25, 0.3) is 5.65 Å². The lowest BCUT2D eigenvalue weighted by molar-refractivity contribution is 0.408. The van der Waals surface area contributed by atoms with Crippen molar-refractivity contribution in [1.29, 1.82) is 0 Å². The third kappa shape index (κ3) is 1.35. The van der Waals surface area contributed by atoms with Crippen molar-refractivity contribution >= 4 is 18.3 Å². The number of nitrogens with zero attached hydrogens (tertiary/aromatic N) is 3. The highest BCUT2D eigenvalue weighted by atomic mass is 32.1. The molecule has 0 atom stereocenters. The van der Waals surface area contributed by atoms with Crippen molar-refractivity contribution in [2.45, 2.75) is 30.9 Å². The van der Waals surface area contributed by atoms with Gasteiger partial charge in [-0.1, -0.05) is 6.42 Å². The molecule has 2 aromatic rings. The smallest absolute Gasteiger partial charge is 0.159 e. The molecule has 0 saturated heterocycles. The average molecular weight is 219 g/mol. The largest absolute Gasteiger partial charge is 0.237 e. The Morgan fingerprint density at radius 3 is 3.00 bits per heavy atom. The number of hydrogen-bond donors (Lipinski definition) is 1. The van der Waals surface area contributed by atoms with Gasteiger partial charge < -0.3 is 0 Å². The van der Waals surface area contributed by atoms with E-state index in [2.05, 4.69) is 22.7 Å². The number of aromatic nitrogens is 3. The first-order valence-corrected chi connectivity index (χ1v) is 5.96. The van der Waals surface area contributed by atoms with Crippen LogP contribution in [0.4, 0.5) is 0 Å². The van der Waals surface area contributed by atoms with Crippen LogP contribution >= 0.6 is 12.6 Å². The summed E-state index contributed by atoms with van der Waals surface area (Å²) in [5, 5.41) is 4.61. The number of rotatable bonds is 2. The molecule has 1 fully saturated rings. The fraction of sp³-hybridized carbons (Fsp3) is 0.455. The third-order valence-electron chi connectivity index (χ3n) is 3.17. The molecule has 1 aliphatic rings. The summed E-state index contributed by atoms with van der Waals surface area (Å²) >= 11 is 4.39. The topological polar surface area (TPSA) is 30.2 Å². The Labute approximate surface area is 93.9 Å². The second kappa shape index (κ2) is 3.52. The van der Waals surface area contributed by atoms with Gasteiger partial charge in [-0.2, -0.15) is 17.7 Å². The van der Waals surface area contributed by atoms with Gasteiger partial charge in [0, 0.05) is 29.6 Å². The van der Waals surface area contributed by atoms with Crippen molar-refractivity contribution in [2.75, 3.05) is 0 Å². The molecule has 0 aliphatic heterocycles. The van der Waals surface area contributed by atoms with Gasteiger partial charge in [0.05, 0.1) is 5.69 Å². The minimum atomic E-state index is 0.647. The van der Waals surface area contributed by atoms with E-state index in [9.17, 15) is 0 Å². The Morgan fingerprint density at radius 1 is 1.47 bits per heavy atom. The predicted octanol–water partition coefficient (Wildman–Crippen LogP) is 2.43. The van der Waals surface area contributed by atoms with E-state index in [1.807, 2.05) is 23.0 Å². The summed E-state index contributed by atoms with van der Waals surface area (Å²) in [6.07, 6.45) is 7.64. The molecule has 78 valence electrons. The Hall–Kier alpha value is -1.03. The van der Waals surface area contributed by atoms with E-state index in [0.29, 0.717) is 5.92 Å². The lowest BCUT2D eigenvalue weighted by atomic mass is 9.82. The number of fused-ring (bicyclic) bond motifs is 1. The molecular weight excluding hydrogens is 206 g/mol. The zero-order chi connectivity index (χ0) is 10.3. The highest BCUT2D eigenvalue weighted by Gasteiger charge is 2.26. The normalized spacial score (nSPS) is 16.9. The van der Waals surface area contributed by atoms with Crippen LogP contribution in [0.2, 0.25) is 0 Å². The number of thiol groups is 1. The highest BCUT2D eigenvalue weighted by molar-refractivity contribution is 7.79. The van der Waals surface area contributed by atoms with Gasteiger partial charge in [0.25, 0.3) is 0 Å². The molecule has 15 heavy (non-hydrogen) atoms. The molecule has 1 saturated carbocycles. The standard InChI is InChI=1S/C11H13N3S/c15-7-9-10(8-3-1-4-8)13-14-6-2-5-12-11(9)14/h2,5-6,8,15H,1,3-4,7H2. The van der Waals surface area contributed by atoms with Gasteiger partial charge in [-0.25, -0.2) is 9.50 Å². The second-order valence-electron chi connectivity index (χ2n) is 4.04. The lowest BCUT2D eigenvalue weighted by Gasteiger charge is -2.24. The SMILES string of the molecule is SCc1c(C2CCC2)nn2cccnc12. The van der Waals surface area contributed by atoms with Crippen LogP contribution in [-0.2, 0) is 5.75 Å². The van der Waals surface area contributed by atoms with Crippen LogP contribution in [0.15, 0.2) is 18.5 Å². The molecule has 2 aromatic heterocycles. The summed E-state index contributed by atoms with van der Waals surface area (Å²) in [5.41, 5.74) is 3.40. The molecule has 0 spiro atoms. The molecule has 3 nitrogen and oxygen atoms in total. The Bertz CT molecular complexity index is 488. The monoisotopic (exact) mass is 219 g/mol. The molecule has 0 radical (unpaired) electrons. The summed E-state index contributed by atoms with van der Waals surface area (Å²) in [6, 6.07) is 1.91. The molecule has 0 unspecified atom stereocenters. The molecule has 0 amide bonds. The maximum absolute atomic E-state index is 4.61. The van der Waals surface area contributed by atoms with E-state index in [0.717, 1.165) is 11.4 Å². The van der Waals surface area contributed by atoms with Crippen LogP contribution in [0.1, 0.15) is 36.4 Å². The summed E-state index contributed by atoms with van der Waals surface area (Å²) in [4.78, 5) is 4.37. The Balaban J connectivity index is 2.19. The van der Waals surface area contributed by atoms with E-state index in [4.69, 9.17) is 0 Å². The molecule has 4 heteroatoms. The van der Waals surface area contributed by atoms with Gasteiger partial charge >= 0.3 is 0 Å². The Morgan fingerprint density at radius 2 is 2.33 bits per heavy atom. The maximum atomic E-state index is 4.61. The molecule has 0 bridgehead atoms. The predicted molar refractivity (Wildman–Crippen MR) is 62.3 cm³/mol. The highest BCUT2D eigenvalue weighted by Crippen LogP contribution is 2.38. The van der Waals surface area contributed by atoms with E-state index in [1.165, 1.54) is 30.5 Å². The number of hydrogen-bond acceptors (Lipinski definition) is 3. The first-order chi connectivity index (χ1) is 7.40. The van der Waals surface area contributed by atoms with Crippen molar-refractivity contribution in [3.8, 4) is 0 Å². The third-order valence-corrected chi connectivity index (χ3v) is 3.49. The molecular formula is C11H13N3S. The van der Waals surface area contributed by atoms with E-state index >= 15 is 0 Å². The van der Waals surface area contributed by atoms with Crippen molar-refractivity contribution < 1.29 is 0 Å². The Kier molecular flexibility index (Phi) is 2.16. The fourth-order valence-electron chi connectivity index (χ4n) is 2.11. The van der Waals surface area contributed by atoms with E-state index in [1.54, 1.807) is 0 Å². The van der Waals surface area contributed by atoms with Crippen LogP contribution in [0, 0.1) is 0 Å². The van der Waals surface area contributed by atoms with Gasteiger partial charge in [-0.3, -0.25) is 0 Å². The lowest BCUT2D eigenvalue weighted by Crippen LogP contribution is -2.11. The molecule has 3 rings (SSSR count). The fourth-order valence-corrected chi connectivity index (χ4v) is 2.42. The van der Waals surface area contributed by atoms with Gasteiger partial charge in [-0.05, 0) is 18.9 Å². The summed E-state index contributed by atoms with van der Waals surface area (Å²) in [5.74, 6) is 1.38. The van der Waals surface area contributed by atoms with Crippen LogP contribution in [-0.4, -0.2) is 14.6 Å². The van der Waals surface area contributed by atoms with Gasteiger partial charge in [0.1, 0.15) is 0 Å². The van der Waals surface area contributed by atoms with E-state index in [-0.39, 0.29) is 0 Å². The molecule has 0 N–H and O–H groups in total. The zero-order valence-electron chi connectivity index (χ0n) is 8.43. The minimum absolute atomic E-state index is 0.647. The van der Waals surface area contributed by atoms with Crippen LogP contribution in [0.5, 0.6) is 0 Å².